The number of carbonyl (C=O) groups is 1. The second-order valence-electron chi connectivity index (χ2n) is 6.67. The normalized spacial score (nSPS) is 31.7. The van der Waals surface area contributed by atoms with Gasteiger partial charge >= 0.3 is 0 Å². The summed E-state index contributed by atoms with van der Waals surface area (Å²) < 4.78 is 6.05. The first-order valence-corrected chi connectivity index (χ1v) is 8.36. The van der Waals surface area contributed by atoms with Crippen molar-refractivity contribution in [2.75, 3.05) is 6.61 Å². The first-order valence-electron chi connectivity index (χ1n) is 8.36. The minimum atomic E-state index is -0.424. The zero-order chi connectivity index (χ0) is 13.7. The number of hydrogen-bond donors (Lipinski definition) is 0. The van der Waals surface area contributed by atoms with Gasteiger partial charge in [0, 0.05) is 12.5 Å². The fourth-order valence-electron chi connectivity index (χ4n) is 4.08. The SMILES string of the molecule is CCOC1(C(=O)C2CCCC(C)C2)CCCCCC1. The van der Waals surface area contributed by atoms with Crippen molar-refractivity contribution in [3.8, 4) is 0 Å². The number of rotatable bonds is 4. The van der Waals surface area contributed by atoms with E-state index >= 15 is 0 Å². The highest BCUT2D eigenvalue weighted by Crippen LogP contribution is 2.38. The van der Waals surface area contributed by atoms with Crippen molar-refractivity contribution >= 4 is 5.78 Å². The Kier molecular flexibility index (Phi) is 5.44. The molecule has 2 nitrogen and oxygen atoms in total. The van der Waals surface area contributed by atoms with Crippen LogP contribution in [0.15, 0.2) is 0 Å². The van der Waals surface area contributed by atoms with E-state index in [1.807, 2.05) is 6.92 Å². The molecule has 0 heterocycles. The van der Waals surface area contributed by atoms with Gasteiger partial charge in [0.05, 0.1) is 0 Å². The average Bonchev–Trinajstić information content (AvgIpc) is 2.65. The lowest BCUT2D eigenvalue weighted by Gasteiger charge is -2.37. The lowest BCUT2D eigenvalue weighted by atomic mass is 9.74. The summed E-state index contributed by atoms with van der Waals surface area (Å²) in [4.78, 5) is 13.0. The molecule has 0 N–H and O–H groups in total. The van der Waals surface area contributed by atoms with Crippen LogP contribution in [-0.2, 0) is 9.53 Å². The molecule has 0 spiro atoms. The largest absolute Gasteiger partial charge is 0.367 e. The number of carbonyl (C=O) groups excluding carboxylic acids is 1. The fraction of sp³-hybridized carbons (Fsp3) is 0.941. The number of Topliss-reactive ketones (excluding diaryl/α,β-unsaturated/α-hetero) is 1. The van der Waals surface area contributed by atoms with E-state index in [2.05, 4.69) is 6.92 Å². The fourth-order valence-corrected chi connectivity index (χ4v) is 4.08. The Hall–Kier alpha value is -0.370. The molecule has 0 bridgehead atoms. The molecule has 2 saturated carbocycles. The molecule has 0 aromatic carbocycles. The first-order chi connectivity index (χ1) is 9.18. The van der Waals surface area contributed by atoms with Crippen LogP contribution in [0.2, 0.25) is 0 Å². The smallest absolute Gasteiger partial charge is 0.167 e. The third-order valence-electron chi connectivity index (χ3n) is 5.09. The maximum Gasteiger partial charge on any atom is 0.167 e. The van der Waals surface area contributed by atoms with Crippen molar-refractivity contribution in [3.63, 3.8) is 0 Å². The van der Waals surface area contributed by atoms with E-state index in [0.29, 0.717) is 18.3 Å². The highest BCUT2D eigenvalue weighted by atomic mass is 16.5. The molecule has 2 aliphatic rings. The van der Waals surface area contributed by atoms with E-state index in [1.165, 1.54) is 25.7 Å². The summed E-state index contributed by atoms with van der Waals surface area (Å²) in [5.41, 5.74) is -0.424. The third kappa shape index (κ3) is 3.59. The molecule has 2 atom stereocenters. The Morgan fingerprint density at radius 3 is 2.37 bits per heavy atom. The van der Waals surface area contributed by atoms with Crippen LogP contribution in [0.25, 0.3) is 0 Å². The summed E-state index contributed by atoms with van der Waals surface area (Å²) in [5.74, 6) is 1.43. The van der Waals surface area contributed by atoms with Gasteiger partial charge in [0.2, 0.25) is 0 Å². The van der Waals surface area contributed by atoms with Crippen molar-refractivity contribution in [1.82, 2.24) is 0 Å². The summed E-state index contributed by atoms with van der Waals surface area (Å²) in [7, 11) is 0. The molecule has 0 amide bonds. The standard InChI is InChI=1S/C17H30O2/c1-3-19-17(11-6-4-5-7-12-17)16(18)15-10-8-9-14(2)13-15/h14-15H,3-13H2,1-2H3. The van der Waals surface area contributed by atoms with Gasteiger partial charge in [0.1, 0.15) is 5.60 Å². The van der Waals surface area contributed by atoms with E-state index < -0.39 is 5.60 Å². The Morgan fingerprint density at radius 1 is 1.11 bits per heavy atom. The topological polar surface area (TPSA) is 26.3 Å². The molecule has 2 aliphatic carbocycles. The molecule has 2 fully saturated rings. The predicted molar refractivity (Wildman–Crippen MR) is 78.2 cm³/mol. The lowest BCUT2D eigenvalue weighted by Crippen LogP contribution is -2.46. The molecule has 19 heavy (non-hydrogen) atoms. The van der Waals surface area contributed by atoms with E-state index in [9.17, 15) is 4.79 Å². The minimum Gasteiger partial charge on any atom is -0.367 e. The molecular weight excluding hydrogens is 236 g/mol. The molecule has 110 valence electrons. The van der Waals surface area contributed by atoms with Gasteiger partial charge in [0.25, 0.3) is 0 Å². The lowest BCUT2D eigenvalue weighted by molar-refractivity contribution is -0.152. The van der Waals surface area contributed by atoms with E-state index in [-0.39, 0.29) is 5.92 Å². The maximum absolute atomic E-state index is 13.0. The molecule has 0 aromatic rings. The van der Waals surface area contributed by atoms with E-state index in [0.717, 1.165) is 38.5 Å². The zero-order valence-electron chi connectivity index (χ0n) is 12.7. The quantitative estimate of drug-likeness (QED) is 0.700. The Labute approximate surface area is 118 Å². The molecule has 2 heteroatoms. The summed E-state index contributed by atoms with van der Waals surface area (Å²) in [6.07, 6.45) is 11.5. The van der Waals surface area contributed by atoms with Gasteiger partial charge in [-0.15, -0.1) is 0 Å². The second-order valence-corrected chi connectivity index (χ2v) is 6.67. The van der Waals surface area contributed by atoms with Crippen LogP contribution in [0.4, 0.5) is 0 Å². The summed E-state index contributed by atoms with van der Waals surface area (Å²) >= 11 is 0. The van der Waals surface area contributed by atoms with Crippen molar-refractivity contribution in [1.29, 1.82) is 0 Å². The van der Waals surface area contributed by atoms with Gasteiger partial charge in [-0.25, -0.2) is 0 Å². The molecule has 0 aromatic heterocycles. The van der Waals surface area contributed by atoms with E-state index in [4.69, 9.17) is 4.74 Å². The van der Waals surface area contributed by atoms with Crippen LogP contribution in [0.5, 0.6) is 0 Å². The van der Waals surface area contributed by atoms with Crippen LogP contribution in [-0.4, -0.2) is 18.0 Å². The number of hydrogen-bond acceptors (Lipinski definition) is 2. The maximum atomic E-state index is 13.0. The van der Waals surface area contributed by atoms with Gasteiger partial charge in [-0.05, 0) is 38.5 Å². The summed E-state index contributed by atoms with van der Waals surface area (Å²) in [6, 6.07) is 0. The molecular formula is C17H30O2. The zero-order valence-corrected chi connectivity index (χ0v) is 12.7. The van der Waals surface area contributed by atoms with Gasteiger partial charge in [-0.2, -0.15) is 0 Å². The van der Waals surface area contributed by atoms with Crippen molar-refractivity contribution < 1.29 is 9.53 Å². The molecule has 0 saturated heterocycles. The molecule has 0 radical (unpaired) electrons. The molecule has 2 rings (SSSR count). The Morgan fingerprint density at radius 2 is 1.79 bits per heavy atom. The Balaban J connectivity index is 2.10. The van der Waals surface area contributed by atoms with Gasteiger partial charge in [-0.3, -0.25) is 4.79 Å². The van der Waals surface area contributed by atoms with Gasteiger partial charge in [0.15, 0.2) is 5.78 Å². The van der Waals surface area contributed by atoms with Crippen molar-refractivity contribution in [2.24, 2.45) is 11.8 Å². The third-order valence-corrected chi connectivity index (χ3v) is 5.09. The number of ketones is 1. The minimum absolute atomic E-state index is 0.272. The molecule has 0 aliphatic heterocycles. The monoisotopic (exact) mass is 266 g/mol. The number of ether oxygens (including phenoxy) is 1. The average molecular weight is 266 g/mol. The predicted octanol–water partition coefficient (Wildman–Crippen LogP) is 4.51. The summed E-state index contributed by atoms with van der Waals surface area (Å²) in [5, 5.41) is 0. The van der Waals surface area contributed by atoms with Crippen LogP contribution in [0.1, 0.15) is 78.1 Å². The van der Waals surface area contributed by atoms with Crippen LogP contribution < -0.4 is 0 Å². The Bertz CT molecular complexity index is 290. The van der Waals surface area contributed by atoms with Crippen LogP contribution in [0.3, 0.4) is 0 Å². The molecule has 2 unspecified atom stereocenters. The highest BCUT2D eigenvalue weighted by molar-refractivity contribution is 5.89. The van der Waals surface area contributed by atoms with Crippen LogP contribution >= 0.6 is 0 Å². The summed E-state index contributed by atoms with van der Waals surface area (Å²) in [6.45, 7) is 5.00. The van der Waals surface area contributed by atoms with Crippen molar-refractivity contribution in [2.45, 2.75) is 83.7 Å². The van der Waals surface area contributed by atoms with Crippen molar-refractivity contribution in [3.05, 3.63) is 0 Å². The second kappa shape index (κ2) is 6.88. The first kappa shape index (κ1) is 15.0. The van der Waals surface area contributed by atoms with Gasteiger partial charge in [-0.1, -0.05) is 45.4 Å². The van der Waals surface area contributed by atoms with Gasteiger partial charge < -0.3 is 4.74 Å². The van der Waals surface area contributed by atoms with Crippen LogP contribution in [0, 0.1) is 11.8 Å². The van der Waals surface area contributed by atoms with E-state index in [1.54, 1.807) is 0 Å². The highest BCUT2D eigenvalue weighted by Gasteiger charge is 2.43.